The van der Waals surface area contributed by atoms with Crippen LogP contribution in [-0.2, 0) is 4.79 Å². The minimum atomic E-state index is -0.0554. The van der Waals surface area contributed by atoms with E-state index in [1.165, 1.54) is 4.90 Å². The number of anilines is 2. The van der Waals surface area contributed by atoms with Crippen molar-refractivity contribution >= 4 is 29.0 Å². The Morgan fingerprint density at radius 1 is 1.00 bits per heavy atom. The van der Waals surface area contributed by atoms with E-state index < -0.39 is 0 Å². The summed E-state index contributed by atoms with van der Waals surface area (Å²) in [6.45, 7) is 0.257. The molecule has 0 aliphatic heterocycles. The number of amides is 1. The fourth-order valence-electron chi connectivity index (χ4n) is 1.62. The highest BCUT2D eigenvalue weighted by Gasteiger charge is 2.01. The van der Waals surface area contributed by atoms with Crippen LogP contribution in [0, 0.1) is 0 Å². The normalized spacial score (nSPS) is 9.95. The number of nitrogens with one attached hydrogen (secondary N) is 2. The first-order valence-corrected chi connectivity index (χ1v) is 7.23. The van der Waals surface area contributed by atoms with Crippen molar-refractivity contribution in [2.24, 2.45) is 0 Å². The number of hydrogen-bond donors (Lipinski definition) is 2. The van der Waals surface area contributed by atoms with Crippen molar-refractivity contribution in [3.8, 4) is 0 Å². The van der Waals surface area contributed by atoms with E-state index in [4.69, 9.17) is 0 Å². The molecule has 0 bridgehead atoms. The van der Waals surface area contributed by atoms with E-state index in [0.29, 0.717) is 0 Å². The zero-order valence-corrected chi connectivity index (χ0v) is 11.5. The van der Waals surface area contributed by atoms with Crippen molar-refractivity contribution in [2.45, 2.75) is 4.90 Å². The lowest BCUT2D eigenvalue weighted by Gasteiger charge is -2.08. The molecule has 0 saturated heterocycles. The first kappa shape index (κ1) is 13.5. The van der Waals surface area contributed by atoms with Gasteiger partial charge in [-0.15, -0.1) is 11.8 Å². The molecule has 0 fully saturated rings. The average molecular weight is 272 g/mol. The average Bonchev–Trinajstić information content (AvgIpc) is 2.47. The number of hydrogen-bond acceptors (Lipinski definition) is 3. The first-order valence-electron chi connectivity index (χ1n) is 6.01. The molecule has 19 heavy (non-hydrogen) atoms. The fraction of sp³-hybridized carbons (Fsp3) is 0.133. The number of thioether (sulfide) groups is 1. The summed E-state index contributed by atoms with van der Waals surface area (Å²) < 4.78 is 0. The maximum atomic E-state index is 11.7. The molecule has 0 aromatic heterocycles. The van der Waals surface area contributed by atoms with Gasteiger partial charge in [-0.05, 0) is 42.7 Å². The lowest BCUT2D eigenvalue weighted by molar-refractivity contribution is -0.114. The van der Waals surface area contributed by atoms with Crippen LogP contribution in [0.25, 0.3) is 0 Å². The molecule has 0 radical (unpaired) electrons. The van der Waals surface area contributed by atoms with Crippen molar-refractivity contribution in [3.63, 3.8) is 0 Å². The van der Waals surface area contributed by atoms with Crippen molar-refractivity contribution in [2.75, 3.05) is 23.4 Å². The summed E-state index contributed by atoms with van der Waals surface area (Å²) in [5.41, 5.74) is 1.76. The first-order chi connectivity index (χ1) is 9.28. The second-order valence-corrected chi connectivity index (χ2v) is 4.88. The smallest absolute Gasteiger partial charge is 0.243 e. The van der Waals surface area contributed by atoms with Crippen LogP contribution in [0.1, 0.15) is 0 Å². The number of para-hydroxylation sites is 1. The summed E-state index contributed by atoms with van der Waals surface area (Å²) in [7, 11) is 0. The number of benzene rings is 2. The maximum absolute atomic E-state index is 11.7. The Kier molecular flexibility index (Phi) is 4.86. The van der Waals surface area contributed by atoms with Gasteiger partial charge in [-0.3, -0.25) is 4.79 Å². The fourth-order valence-corrected chi connectivity index (χ4v) is 2.03. The van der Waals surface area contributed by atoms with Gasteiger partial charge in [0, 0.05) is 16.3 Å². The zero-order chi connectivity index (χ0) is 13.5. The Labute approximate surface area is 117 Å². The van der Waals surface area contributed by atoms with Gasteiger partial charge in [-0.25, -0.2) is 0 Å². The zero-order valence-electron chi connectivity index (χ0n) is 10.7. The Morgan fingerprint density at radius 2 is 1.68 bits per heavy atom. The summed E-state index contributed by atoms with van der Waals surface area (Å²) in [6, 6.07) is 17.4. The minimum Gasteiger partial charge on any atom is -0.376 e. The molecule has 98 valence electrons. The molecule has 0 aliphatic rings. The third kappa shape index (κ3) is 4.34. The van der Waals surface area contributed by atoms with Crippen LogP contribution in [0.3, 0.4) is 0 Å². The summed E-state index contributed by atoms with van der Waals surface area (Å²) in [5.74, 6) is -0.0554. The molecule has 0 unspecified atom stereocenters. The quantitative estimate of drug-likeness (QED) is 0.819. The van der Waals surface area contributed by atoms with Gasteiger partial charge in [0.25, 0.3) is 0 Å². The van der Waals surface area contributed by atoms with Crippen LogP contribution < -0.4 is 10.6 Å². The van der Waals surface area contributed by atoms with Gasteiger partial charge < -0.3 is 10.6 Å². The van der Waals surface area contributed by atoms with E-state index in [-0.39, 0.29) is 12.5 Å². The lowest BCUT2D eigenvalue weighted by Crippen LogP contribution is -2.21. The second kappa shape index (κ2) is 6.85. The molecule has 0 saturated carbocycles. The van der Waals surface area contributed by atoms with E-state index >= 15 is 0 Å². The lowest BCUT2D eigenvalue weighted by atomic mass is 10.3. The molecule has 1 amide bonds. The molecule has 0 aliphatic carbocycles. The SMILES string of the molecule is CSc1ccc(NCC(=O)Nc2ccccc2)cc1. The van der Waals surface area contributed by atoms with Gasteiger partial charge in [0.05, 0.1) is 6.54 Å². The van der Waals surface area contributed by atoms with Crippen LogP contribution in [0.2, 0.25) is 0 Å². The molecule has 3 nitrogen and oxygen atoms in total. The van der Waals surface area contributed by atoms with E-state index in [1.54, 1.807) is 11.8 Å². The third-order valence-electron chi connectivity index (χ3n) is 2.60. The number of carbonyl (C=O) groups excluding carboxylic acids is 1. The topological polar surface area (TPSA) is 41.1 Å². The summed E-state index contributed by atoms with van der Waals surface area (Å²) in [5, 5.41) is 5.92. The molecule has 4 heteroatoms. The Morgan fingerprint density at radius 3 is 2.32 bits per heavy atom. The summed E-state index contributed by atoms with van der Waals surface area (Å²) >= 11 is 1.70. The van der Waals surface area contributed by atoms with E-state index in [2.05, 4.69) is 10.6 Å². The molecule has 2 rings (SSSR count). The highest BCUT2D eigenvalue weighted by molar-refractivity contribution is 7.98. The molecule has 2 aromatic carbocycles. The van der Waals surface area contributed by atoms with E-state index in [0.717, 1.165) is 11.4 Å². The standard InChI is InChI=1S/C15H16N2OS/c1-19-14-9-7-12(8-10-14)16-11-15(18)17-13-5-3-2-4-6-13/h2-10,16H,11H2,1H3,(H,17,18). The monoisotopic (exact) mass is 272 g/mol. The third-order valence-corrected chi connectivity index (χ3v) is 3.34. The Hall–Kier alpha value is -1.94. The van der Waals surface area contributed by atoms with Crippen molar-refractivity contribution in [1.29, 1.82) is 0 Å². The summed E-state index contributed by atoms with van der Waals surface area (Å²) in [6.07, 6.45) is 2.04. The van der Waals surface area contributed by atoms with Gasteiger partial charge in [0.1, 0.15) is 0 Å². The molecule has 0 spiro atoms. The van der Waals surface area contributed by atoms with Gasteiger partial charge in [0.2, 0.25) is 5.91 Å². The van der Waals surface area contributed by atoms with Gasteiger partial charge in [-0.2, -0.15) is 0 Å². The van der Waals surface area contributed by atoms with Gasteiger partial charge >= 0.3 is 0 Å². The van der Waals surface area contributed by atoms with Crippen LogP contribution in [-0.4, -0.2) is 18.7 Å². The van der Waals surface area contributed by atoms with E-state index in [9.17, 15) is 4.79 Å². The number of rotatable bonds is 5. The molecule has 2 aromatic rings. The van der Waals surface area contributed by atoms with Crippen molar-refractivity contribution in [1.82, 2.24) is 0 Å². The Balaban J connectivity index is 1.83. The van der Waals surface area contributed by atoms with Crippen molar-refractivity contribution < 1.29 is 4.79 Å². The second-order valence-electron chi connectivity index (χ2n) is 4.00. The van der Waals surface area contributed by atoms with Crippen LogP contribution in [0.5, 0.6) is 0 Å². The van der Waals surface area contributed by atoms with Crippen molar-refractivity contribution in [3.05, 3.63) is 54.6 Å². The molecule has 0 heterocycles. The predicted molar refractivity (Wildman–Crippen MR) is 81.8 cm³/mol. The van der Waals surface area contributed by atoms with Crippen LogP contribution >= 0.6 is 11.8 Å². The molecule has 2 N–H and O–H groups in total. The highest BCUT2D eigenvalue weighted by Crippen LogP contribution is 2.17. The van der Waals surface area contributed by atoms with Crippen LogP contribution in [0.15, 0.2) is 59.5 Å². The molecule has 0 atom stereocenters. The minimum absolute atomic E-state index is 0.0554. The molecular weight excluding hydrogens is 256 g/mol. The largest absolute Gasteiger partial charge is 0.376 e. The van der Waals surface area contributed by atoms with Gasteiger partial charge in [-0.1, -0.05) is 18.2 Å². The highest BCUT2D eigenvalue weighted by atomic mass is 32.2. The predicted octanol–water partition coefficient (Wildman–Crippen LogP) is 3.46. The van der Waals surface area contributed by atoms with E-state index in [1.807, 2.05) is 60.9 Å². The Bertz CT molecular complexity index is 526. The molecular formula is C15H16N2OS. The number of carbonyl (C=O) groups is 1. The van der Waals surface area contributed by atoms with Crippen LogP contribution in [0.4, 0.5) is 11.4 Å². The van der Waals surface area contributed by atoms with Gasteiger partial charge in [0.15, 0.2) is 0 Å². The maximum Gasteiger partial charge on any atom is 0.243 e. The summed E-state index contributed by atoms with van der Waals surface area (Å²) in [4.78, 5) is 12.9.